The van der Waals surface area contributed by atoms with Crippen LogP contribution in [0.5, 0.6) is 0 Å². The highest BCUT2D eigenvalue weighted by Crippen LogP contribution is 2.35. The van der Waals surface area contributed by atoms with Gasteiger partial charge in [-0.05, 0) is 69.7 Å². The van der Waals surface area contributed by atoms with Gasteiger partial charge in [0.2, 0.25) is 5.91 Å². The lowest BCUT2D eigenvalue weighted by molar-refractivity contribution is -0.125. The van der Waals surface area contributed by atoms with Gasteiger partial charge in [-0.1, -0.05) is 0 Å². The number of piperidine rings is 2. The molecule has 0 aromatic rings. The topological polar surface area (TPSA) is 77.0 Å². The highest BCUT2D eigenvalue weighted by molar-refractivity contribution is 6.21. The average molecular weight is 385 g/mol. The van der Waals surface area contributed by atoms with E-state index in [0.717, 1.165) is 51.5 Å². The SMILES string of the molecule is N#CC1CCC(C(=O)NC2CCC(CC3CCC(F)C(Cl)C3)CN2)NC1. The molecule has 2 heterocycles. The minimum Gasteiger partial charge on any atom is -0.339 e. The van der Waals surface area contributed by atoms with E-state index in [1.54, 1.807) is 0 Å². The van der Waals surface area contributed by atoms with Crippen molar-refractivity contribution in [3.63, 3.8) is 0 Å². The summed E-state index contributed by atoms with van der Waals surface area (Å²) in [5, 5.41) is 18.3. The summed E-state index contributed by atoms with van der Waals surface area (Å²) in [5.74, 6) is 1.16. The molecule has 5 nitrogen and oxygen atoms in total. The van der Waals surface area contributed by atoms with E-state index in [-0.39, 0.29) is 29.4 Å². The van der Waals surface area contributed by atoms with E-state index >= 15 is 0 Å². The van der Waals surface area contributed by atoms with Crippen LogP contribution < -0.4 is 16.0 Å². The van der Waals surface area contributed by atoms with Crippen LogP contribution in [0, 0.1) is 29.1 Å². The predicted octanol–water partition coefficient (Wildman–Crippen LogP) is 2.46. The summed E-state index contributed by atoms with van der Waals surface area (Å²) < 4.78 is 13.5. The third-order valence-corrected chi connectivity index (χ3v) is 6.67. The molecule has 3 rings (SSSR count). The maximum atomic E-state index is 13.5. The van der Waals surface area contributed by atoms with E-state index in [2.05, 4.69) is 22.0 Å². The second-order valence-corrected chi connectivity index (χ2v) is 8.78. The molecule has 7 unspecified atom stereocenters. The van der Waals surface area contributed by atoms with Gasteiger partial charge in [-0.25, -0.2) is 4.39 Å². The lowest BCUT2D eigenvalue weighted by Crippen LogP contribution is -2.56. The summed E-state index contributed by atoms with van der Waals surface area (Å²) in [5.41, 5.74) is 0. The van der Waals surface area contributed by atoms with Crippen molar-refractivity contribution in [2.24, 2.45) is 17.8 Å². The van der Waals surface area contributed by atoms with Crippen molar-refractivity contribution < 1.29 is 9.18 Å². The van der Waals surface area contributed by atoms with Gasteiger partial charge in [0.05, 0.1) is 29.6 Å². The fourth-order valence-electron chi connectivity index (χ4n) is 4.55. The molecule has 26 heavy (non-hydrogen) atoms. The molecule has 146 valence electrons. The van der Waals surface area contributed by atoms with Crippen molar-refractivity contribution in [1.82, 2.24) is 16.0 Å². The molecule has 1 aliphatic carbocycles. The Labute approximate surface area is 160 Å². The van der Waals surface area contributed by atoms with Gasteiger partial charge in [-0.3, -0.25) is 10.1 Å². The Bertz CT molecular complexity index is 512. The second kappa shape index (κ2) is 9.34. The zero-order chi connectivity index (χ0) is 18.5. The van der Waals surface area contributed by atoms with E-state index in [0.29, 0.717) is 24.8 Å². The van der Waals surface area contributed by atoms with Crippen LogP contribution in [0.1, 0.15) is 51.4 Å². The molecule has 0 aromatic heterocycles. The summed E-state index contributed by atoms with van der Waals surface area (Å²) in [4.78, 5) is 12.4. The lowest BCUT2D eigenvalue weighted by Gasteiger charge is -2.35. The van der Waals surface area contributed by atoms with E-state index in [1.807, 2.05) is 0 Å². The fraction of sp³-hybridized carbons (Fsp3) is 0.895. The van der Waals surface area contributed by atoms with Gasteiger partial charge in [-0.15, -0.1) is 11.6 Å². The van der Waals surface area contributed by atoms with Crippen LogP contribution in [0.3, 0.4) is 0 Å². The normalized spacial score (nSPS) is 41.2. The summed E-state index contributed by atoms with van der Waals surface area (Å²) in [6.07, 6.45) is 6.12. The van der Waals surface area contributed by atoms with Crippen LogP contribution in [-0.2, 0) is 4.79 Å². The van der Waals surface area contributed by atoms with Gasteiger partial charge in [0.1, 0.15) is 6.17 Å². The maximum Gasteiger partial charge on any atom is 0.238 e. The quantitative estimate of drug-likeness (QED) is 0.651. The smallest absolute Gasteiger partial charge is 0.238 e. The summed E-state index contributed by atoms with van der Waals surface area (Å²) in [6, 6.07) is 2.07. The minimum absolute atomic E-state index is 0.0210. The molecular formula is C19H30ClFN4O. The highest BCUT2D eigenvalue weighted by Gasteiger charge is 2.32. The number of amides is 1. The Morgan fingerprint density at radius 1 is 1.12 bits per heavy atom. The number of rotatable bonds is 4. The van der Waals surface area contributed by atoms with Crippen molar-refractivity contribution in [3.05, 3.63) is 0 Å². The molecule has 1 saturated carbocycles. The first-order valence-electron chi connectivity index (χ1n) is 10.00. The molecule has 3 N–H and O–H groups in total. The van der Waals surface area contributed by atoms with Crippen LogP contribution in [0.4, 0.5) is 4.39 Å². The van der Waals surface area contributed by atoms with Crippen molar-refractivity contribution in [2.45, 2.75) is 75.1 Å². The number of alkyl halides is 2. The number of hydrogen-bond acceptors (Lipinski definition) is 4. The van der Waals surface area contributed by atoms with Crippen LogP contribution in [-0.4, -0.2) is 42.8 Å². The van der Waals surface area contributed by atoms with Crippen LogP contribution in [0.15, 0.2) is 0 Å². The van der Waals surface area contributed by atoms with Crippen molar-refractivity contribution in [3.8, 4) is 6.07 Å². The molecule has 3 aliphatic rings. The Morgan fingerprint density at radius 2 is 1.92 bits per heavy atom. The highest BCUT2D eigenvalue weighted by atomic mass is 35.5. The fourth-order valence-corrected chi connectivity index (χ4v) is 4.93. The molecule has 2 saturated heterocycles. The minimum atomic E-state index is -0.839. The zero-order valence-corrected chi connectivity index (χ0v) is 16.0. The Kier molecular flexibility index (Phi) is 7.13. The average Bonchev–Trinajstić information content (AvgIpc) is 2.66. The number of halogens is 2. The number of nitriles is 1. The van der Waals surface area contributed by atoms with Crippen LogP contribution >= 0.6 is 11.6 Å². The number of nitrogens with one attached hydrogen (secondary N) is 3. The van der Waals surface area contributed by atoms with Gasteiger partial charge < -0.3 is 10.6 Å². The summed E-state index contributed by atoms with van der Waals surface area (Å²) in [6.45, 7) is 1.49. The standard InChI is InChI=1S/C19H30ClFN4O/c20-15-8-12(1-4-16(15)21)7-13-3-6-18(24-10-13)25-19(26)17-5-2-14(9-22)11-23-17/h12-18,23-24H,1-8,10-11H2,(H,25,26). The van der Waals surface area contributed by atoms with Gasteiger partial charge >= 0.3 is 0 Å². The van der Waals surface area contributed by atoms with Crippen LogP contribution in [0.25, 0.3) is 0 Å². The Hall–Kier alpha value is -0.900. The first-order chi connectivity index (χ1) is 12.5. The molecule has 0 radical (unpaired) electrons. The number of carbonyl (C=O) groups excluding carboxylic acids is 1. The molecule has 7 atom stereocenters. The molecule has 0 spiro atoms. The molecule has 3 fully saturated rings. The number of nitrogens with zero attached hydrogens (tertiary/aromatic N) is 1. The number of hydrogen-bond donors (Lipinski definition) is 3. The molecule has 2 aliphatic heterocycles. The molecular weight excluding hydrogens is 355 g/mol. The first-order valence-corrected chi connectivity index (χ1v) is 10.4. The van der Waals surface area contributed by atoms with Crippen molar-refractivity contribution >= 4 is 17.5 Å². The van der Waals surface area contributed by atoms with Gasteiger partial charge in [0.25, 0.3) is 0 Å². The zero-order valence-electron chi connectivity index (χ0n) is 15.2. The monoisotopic (exact) mass is 384 g/mol. The molecule has 7 heteroatoms. The van der Waals surface area contributed by atoms with Gasteiger partial charge in [-0.2, -0.15) is 5.26 Å². The van der Waals surface area contributed by atoms with E-state index in [9.17, 15) is 9.18 Å². The third-order valence-electron chi connectivity index (χ3n) is 6.21. The molecule has 0 bridgehead atoms. The van der Waals surface area contributed by atoms with Crippen molar-refractivity contribution in [1.29, 1.82) is 5.26 Å². The molecule has 1 amide bonds. The summed E-state index contributed by atoms with van der Waals surface area (Å²) >= 11 is 6.09. The second-order valence-electron chi connectivity index (χ2n) is 8.22. The number of carbonyl (C=O) groups is 1. The van der Waals surface area contributed by atoms with E-state index in [4.69, 9.17) is 16.9 Å². The summed E-state index contributed by atoms with van der Waals surface area (Å²) in [7, 11) is 0. The maximum absolute atomic E-state index is 13.5. The third kappa shape index (κ3) is 5.31. The largest absolute Gasteiger partial charge is 0.339 e. The first kappa shape index (κ1) is 19.9. The van der Waals surface area contributed by atoms with E-state index < -0.39 is 6.17 Å². The van der Waals surface area contributed by atoms with E-state index in [1.165, 1.54) is 0 Å². The van der Waals surface area contributed by atoms with Gasteiger partial charge in [0, 0.05) is 6.54 Å². The van der Waals surface area contributed by atoms with Crippen molar-refractivity contribution in [2.75, 3.05) is 13.1 Å². The Balaban J connectivity index is 1.35. The van der Waals surface area contributed by atoms with Gasteiger partial charge in [0.15, 0.2) is 0 Å². The molecule has 0 aromatic carbocycles. The lowest BCUT2D eigenvalue weighted by atomic mass is 9.79. The predicted molar refractivity (Wildman–Crippen MR) is 99.3 cm³/mol. The van der Waals surface area contributed by atoms with Crippen LogP contribution in [0.2, 0.25) is 0 Å². The Morgan fingerprint density at radius 3 is 2.54 bits per heavy atom.